The van der Waals surface area contributed by atoms with Crippen molar-refractivity contribution in [3.05, 3.63) is 35.9 Å². The van der Waals surface area contributed by atoms with Gasteiger partial charge < -0.3 is 9.47 Å². The third kappa shape index (κ3) is 3.59. The lowest BCUT2D eigenvalue weighted by atomic mass is 10.1. The highest BCUT2D eigenvalue weighted by molar-refractivity contribution is 5.19. The molecule has 16 heavy (non-hydrogen) atoms. The fourth-order valence-electron chi connectivity index (χ4n) is 1.53. The van der Waals surface area contributed by atoms with E-state index in [0.717, 1.165) is 5.56 Å². The Labute approximate surface area is 97.6 Å². The SMILES string of the molecule is CC(C)OC(N)(OC(C)C)c1ccccc1. The maximum Gasteiger partial charge on any atom is 0.253 e. The van der Waals surface area contributed by atoms with Gasteiger partial charge in [-0.1, -0.05) is 30.3 Å². The molecule has 0 saturated heterocycles. The van der Waals surface area contributed by atoms with Crippen LogP contribution >= 0.6 is 0 Å². The lowest BCUT2D eigenvalue weighted by molar-refractivity contribution is -0.275. The fraction of sp³-hybridized carbons (Fsp3) is 0.538. The minimum atomic E-state index is -1.16. The summed E-state index contributed by atoms with van der Waals surface area (Å²) in [7, 11) is 0. The van der Waals surface area contributed by atoms with Gasteiger partial charge in [0.2, 0.25) is 0 Å². The molecule has 1 aromatic carbocycles. The zero-order valence-electron chi connectivity index (χ0n) is 10.4. The van der Waals surface area contributed by atoms with Gasteiger partial charge in [0.25, 0.3) is 5.91 Å². The van der Waals surface area contributed by atoms with Gasteiger partial charge in [-0.05, 0) is 27.7 Å². The molecular weight excluding hydrogens is 202 g/mol. The largest absolute Gasteiger partial charge is 0.331 e. The Morgan fingerprint density at radius 1 is 0.938 bits per heavy atom. The molecule has 0 heterocycles. The monoisotopic (exact) mass is 223 g/mol. The number of hydrogen-bond acceptors (Lipinski definition) is 3. The van der Waals surface area contributed by atoms with Gasteiger partial charge in [0.1, 0.15) is 0 Å². The molecule has 0 fully saturated rings. The first-order valence-electron chi connectivity index (χ1n) is 5.64. The van der Waals surface area contributed by atoms with Crippen LogP contribution in [0.3, 0.4) is 0 Å². The van der Waals surface area contributed by atoms with E-state index in [0.29, 0.717) is 0 Å². The predicted molar refractivity (Wildman–Crippen MR) is 64.7 cm³/mol. The van der Waals surface area contributed by atoms with Crippen LogP contribution in [0.2, 0.25) is 0 Å². The van der Waals surface area contributed by atoms with Crippen molar-refractivity contribution in [2.24, 2.45) is 5.73 Å². The van der Waals surface area contributed by atoms with Gasteiger partial charge in [0.05, 0.1) is 12.2 Å². The molecule has 0 aliphatic carbocycles. The van der Waals surface area contributed by atoms with E-state index < -0.39 is 5.91 Å². The van der Waals surface area contributed by atoms with Crippen LogP contribution in [0.25, 0.3) is 0 Å². The highest BCUT2D eigenvalue weighted by Crippen LogP contribution is 2.24. The molecule has 0 aromatic heterocycles. The van der Waals surface area contributed by atoms with E-state index in [1.807, 2.05) is 58.0 Å². The standard InChI is InChI=1S/C13H21NO2/c1-10(2)15-13(14,16-11(3)4)12-8-6-5-7-9-12/h5-11H,14H2,1-4H3. The Morgan fingerprint density at radius 2 is 1.38 bits per heavy atom. The summed E-state index contributed by atoms with van der Waals surface area (Å²) in [4.78, 5) is 0. The first-order chi connectivity index (χ1) is 7.44. The zero-order valence-corrected chi connectivity index (χ0v) is 10.4. The minimum absolute atomic E-state index is 0.00366. The number of nitrogens with two attached hydrogens (primary N) is 1. The highest BCUT2D eigenvalue weighted by atomic mass is 16.7. The Kier molecular flexibility index (Phi) is 4.47. The number of rotatable bonds is 5. The number of ether oxygens (including phenoxy) is 2. The highest BCUT2D eigenvalue weighted by Gasteiger charge is 2.31. The van der Waals surface area contributed by atoms with Crippen LogP contribution in [0.15, 0.2) is 30.3 Å². The smallest absolute Gasteiger partial charge is 0.253 e. The molecule has 0 atom stereocenters. The van der Waals surface area contributed by atoms with Crippen molar-refractivity contribution in [3.8, 4) is 0 Å². The summed E-state index contributed by atoms with van der Waals surface area (Å²) in [5, 5.41) is 0. The van der Waals surface area contributed by atoms with Crippen LogP contribution in [0, 0.1) is 0 Å². The van der Waals surface area contributed by atoms with Crippen molar-refractivity contribution >= 4 is 0 Å². The molecule has 0 spiro atoms. The molecule has 3 heteroatoms. The van der Waals surface area contributed by atoms with Crippen LogP contribution in [0.4, 0.5) is 0 Å². The van der Waals surface area contributed by atoms with Gasteiger partial charge in [-0.2, -0.15) is 0 Å². The topological polar surface area (TPSA) is 44.5 Å². The van der Waals surface area contributed by atoms with Crippen molar-refractivity contribution < 1.29 is 9.47 Å². The van der Waals surface area contributed by atoms with E-state index >= 15 is 0 Å². The van der Waals surface area contributed by atoms with E-state index in [4.69, 9.17) is 15.2 Å². The average molecular weight is 223 g/mol. The summed E-state index contributed by atoms with van der Waals surface area (Å²) < 4.78 is 11.4. The molecule has 1 aromatic rings. The Bertz CT molecular complexity index is 299. The molecule has 3 nitrogen and oxygen atoms in total. The Balaban J connectivity index is 2.95. The van der Waals surface area contributed by atoms with Gasteiger partial charge in [-0.25, -0.2) is 0 Å². The van der Waals surface area contributed by atoms with Gasteiger partial charge >= 0.3 is 0 Å². The molecule has 0 aliphatic rings. The zero-order chi connectivity index (χ0) is 12.2. The van der Waals surface area contributed by atoms with Crippen LogP contribution in [-0.2, 0) is 15.4 Å². The van der Waals surface area contributed by atoms with E-state index in [2.05, 4.69) is 0 Å². The second kappa shape index (κ2) is 5.43. The van der Waals surface area contributed by atoms with Crippen molar-refractivity contribution in [3.63, 3.8) is 0 Å². The van der Waals surface area contributed by atoms with Gasteiger partial charge in [0, 0.05) is 5.56 Å². The van der Waals surface area contributed by atoms with Crippen LogP contribution in [0.1, 0.15) is 33.3 Å². The molecule has 2 N–H and O–H groups in total. The first-order valence-corrected chi connectivity index (χ1v) is 5.64. The lowest BCUT2D eigenvalue weighted by Crippen LogP contribution is -2.45. The van der Waals surface area contributed by atoms with E-state index in [9.17, 15) is 0 Å². The minimum Gasteiger partial charge on any atom is -0.331 e. The average Bonchev–Trinajstić information content (AvgIpc) is 2.16. The van der Waals surface area contributed by atoms with Crippen LogP contribution in [0.5, 0.6) is 0 Å². The molecule has 0 bridgehead atoms. The first kappa shape index (κ1) is 13.2. The molecular formula is C13H21NO2. The number of hydrogen-bond donors (Lipinski definition) is 1. The normalized spacial score (nSPS) is 12.4. The second-order valence-electron chi connectivity index (χ2n) is 4.37. The van der Waals surface area contributed by atoms with Crippen LogP contribution in [-0.4, -0.2) is 12.2 Å². The van der Waals surface area contributed by atoms with Gasteiger partial charge in [0.15, 0.2) is 0 Å². The van der Waals surface area contributed by atoms with Crippen molar-refractivity contribution in [1.82, 2.24) is 0 Å². The number of benzene rings is 1. The van der Waals surface area contributed by atoms with E-state index in [-0.39, 0.29) is 12.2 Å². The lowest BCUT2D eigenvalue weighted by Gasteiger charge is -2.33. The van der Waals surface area contributed by atoms with Gasteiger partial charge in [-0.3, -0.25) is 5.73 Å². The molecule has 0 unspecified atom stereocenters. The molecule has 1 rings (SSSR count). The summed E-state index contributed by atoms with van der Waals surface area (Å²) in [6.07, 6.45) is 0.00733. The summed E-state index contributed by atoms with van der Waals surface area (Å²) >= 11 is 0. The van der Waals surface area contributed by atoms with E-state index in [1.54, 1.807) is 0 Å². The molecule has 0 aliphatic heterocycles. The fourth-order valence-corrected chi connectivity index (χ4v) is 1.53. The van der Waals surface area contributed by atoms with Crippen LogP contribution < -0.4 is 5.73 Å². The van der Waals surface area contributed by atoms with Crippen molar-refractivity contribution in [2.75, 3.05) is 0 Å². The third-order valence-corrected chi connectivity index (χ3v) is 2.00. The Morgan fingerprint density at radius 3 is 1.75 bits per heavy atom. The third-order valence-electron chi connectivity index (χ3n) is 2.00. The molecule has 0 radical (unpaired) electrons. The summed E-state index contributed by atoms with van der Waals surface area (Å²) in [6, 6.07) is 9.60. The summed E-state index contributed by atoms with van der Waals surface area (Å²) in [6.45, 7) is 7.75. The maximum atomic E-state index is 6.18. The molecule has 0 amide bonds. The van der Waals surface area contributed by atoms with Gasteiger partial charge in [-0.15, -0.1) is 0 Å². The molecule has 90 valence electrons. The summed E-state index contributed by atoms with van der Waals surface area (Å²) in [5.41, 5.74) is 7.01. The van der Waals surface area contributed by atoms with Crippen molar-refractivity contribution in [2.45, 2.75) is 45.8 Å². The van der Waals surface area contributed by atoms with Crippen molar-refractivity contribution in [1.29, 1.82) is 0 Å². The Hall–Kier alpha value is -0.900. The predicted octanol–water partition coefficient (Wildman–Crippen LogP) is 2.61. The molecule has 0 saturated carbocycles. The quantitative estimate of drug-likeness (QED) is 0.780. The second-order valence-corrected chi connectivity index (χ2v) is 4.37. The van der Waals surface area contributed by atoms with E-state index in [1.165, 1.54) is 0 Å². The summed E-state index contributed by atoms with van der Waals surface area (Å²) in [5.74, 6) is -1.16. The maximum absolute atomic E-state index is 6.18.